The number of aliphatic hydroxyl groups is 12. The molecular formula is C48H80O19. The molecule has 19 heteroatoms. The lowest BCUT2D eigenvalue weighted by molar-refractivity contribution is -0.376. The van der Waals surface area contributed by atoms with Crippen molar-refractivity contribution < 1.29 is 94.4 Å². The van der Waals surface area contributed by atoms with Crippen LogP contribution in [0.4, 0.5) is 0 Å². The third kappa shape index (κ3) is 7.44. The van der Waals surface area contributed by atoms with E-state index in [1.54, 1.807) is 0 Å². The Balaban J connectivity index is 0.919. The second-order valence-electron chi connectivity index (χ2n) is 24.3. The highest BCUT2D eigenvalue weighted by atomic mass is 16.8. The van der Waals surface area contributed by atoms with E-state index in [1.165, 1.54) is 6.92 Å². The van der Waals surface area contributed by atoms with Crippen molar-refractivity contribution >= 4 is 0 Å². The average Bonchev–Trinajstić information content (AvgIpc) is 3.62. The Labute approximate surface area is 392 Å². The molecule has 4 saturated heterocycles. The highest BCUT2D eigenvalue weighted by Gasteiger charge is 2.85. The van der Waals surface area contributed by atoms with Crippen LogP contribution in [0, 0.1) is 44.8 Å². The molecule has 0 aromatic heterocycles. The third-order valence-electron chi connectivity index (χ3n) is 20.2. The van der Waals surface area contributed by atoms with Crippen molar-refractivity contribution in [1.29, 1.82) is 0 Å². The van der Waals surface area contributed by atoms with Gasteiger partial charge in [0.15, 0.2) is 18.9 Å². The molecule has 5 saturated carbocycles. The second kappa shape index (κ2) is 17.2. The molecule has 0 bridgehead atoms. The van der Waals surface area contributed by atoms with Crippen molar-refractivity contribution in [2.24, 2.45) is 44.8 Å². The Kier molecular flexibility index (Phi) is 13.1. The zero-order chi connectivity index (χ0) is 48.9. The van der Waals surface area contributed by atoms with E-state index < -0.39 is 146 Å². The first-order valence-electron chi connectivity index (χ1n) is 24.8. The van der Waals surface area contributed by atoms with Crippen molar-refractivity contribution in [3.63, 3.8) is 0 Å². The van der Waals surface area contributed by atoms with Crippen LogP contribution in [-0.2, 0) is 33.2 Å². The molecular weight excluding hydrogens is 881 g/mol. The first-order valence-corrected chi connectivity index (χ1v) is 24.8. The van der Waals surface area contributed by atoms with Gasteiger partial charge < -0.3 is 94.4 Å². The Bertz CT molecular complexity index is 1810. The van der Waals surface area contributed by atoms with E-state index in [2.05, 4.69) is 34.6 Å². The molecule has 12 N–H and O–H groups in total. The van der Waals surface area contributed by atoms with Crippen LogP contribution in [0.3, 0.4) is 0 Å². The number of aliphatic hydroxyl groups excluding tert-OH is 12. The van der Waals surface area contributed by atoms with Crippen LogP contribution in [0.2, 0.25) is 0 Å². The first kappa shape index (κ1) is 51.2. The zero-order valence-electron chi connectivity index (χ0n) is 40.2. The minimum atomic E-state index is -1.70. The van der Waals surface area contributed by atoms with Gasteiger partial charge in [0.1, 0.15) is 67.1 Å². The van der Waals surface area contributed by atoms with Gasteiger partial charge in [-0.25, -0.2) is 0 Å². The fraction of sp³-hybridized carbons (Fsp3) is 1.00. The van der Waals surface area contributed by atoms with Gasteiger partial charge in [0.2, 0.25) is 0 Å². The normalized spacial score (nSPS) is 58.4. The van der Waals surface area contributed by atoms with Crippen LogP contribution >= 0.6 is 0 Å². The van der Waals surface area contributed by atoms with Gasteiger partial charge >= 0.3 is 0 Å². The lowest BCUT2D eigenvalue weighted by atomic mass is 9.41. The summed E-state index contributed by atoms with van der Waals surface area (Å²) in [7, 11) is 0. The van der Waals surface area contributed by atoms with Gasteiger partial charge in [-0.2, -0.15) is 0 Å². The molecule has 2 spiro atoms. The predicted octanol–water partition coefficient (Wildman–Crippen LogP) is -1.06. The van der Waals surface area contributed by atoms with Gasteiger partial charge in [0, 0.05) is 5.92 Å². The standard InChI is InChI=1S/C48H80O19/c1-20-28(53)31(56)34(59)39(61-20)65-36-33(58)30(55)24(18-50)63-41(36)64-26-10-12-48-19-47(48)14-13-44(6)38(22(52)16-45(44,7)25(47)15-21(51)37(48)42(26,2)3)46(8)11-9-27(66-46)43(4,5)67-40-35(60)32(57)29(54)23(17-49)62-40/h20-41,49-60H,9-19H2,1-8H3/t20-,21-,22-,23-,24+,25-,26-,27-,28-,29-,30+,31+,32+,33-,34+,35-,36+,37-,38-,39-,40+,41-,44+,45-,46+,47-,48+/m0/s1. The van der Waals surface area contributed by atoms with Gasteiger partial charge in [0.25, 0.3) is 0 Å². The lowest BCUT2D eigenvalue weighted by Gasteiger charge is -2.65. The lowest BCUT2D eigenvalue weighted by Crippen LogP contribution is -2.66. The van der Waals surface area contributed by atoms with Crippen LogP contribution in [0.5, 0.6) is 0 Å². The van der Waals surface area contributed by atoms with Crippen LogP contribution in [-0.4, -0.2) is 202 Å². The summed E-state index contributed by atoms with van der Waals surface area (Å²) in [6.45, 7) is 14.8. The first-order chi connectivity index (χ1) is 31.2. The van der Waals surface area contributed by atoms with E-state index in [0.717, 1.165) is 25.7 Å². The summed E-state index contributed by atoms with van der Waals surface area (Å²) in [6, 6.07) is 0. The molecule has 4 aliphatic heterocycles. The van der Waals surface area contributed by atoms with Gasteiger partial charge in [-0.05, 0) is 124 Å². The van der Waals surface area contributed by atoms with Crippen molar-refractivity contribution in [3.05, 3.63) is 0 Å². The van der Waals surface area contributed by atoms with E-state index in [1.807, 2.05) is 13.8 Å². The minimum absolute atomic E-state index is 0.0883. The topological polar surface area (TPSA) is 307 Å². The maximum Gasteiger partial charge on any atom is 0.187 e. The molecule has 5 aliphatic carbocycles. The summed E-state index contributed by atoms with van der Waals surface area (Å²) in [6.07, 6.45) is -17.7. The van der Waals surface area contributed by atoms with Gasteiger partial charge in [-0.1, -0.05) is 27.7 Å². The molecule has 9 rings (SSSR count). The Morgan fingerprint density at radius 2 is 1.19 bits per heavy atom. The fourth-order valence-electron chi connectivity index (χ4n) is 16.6. The third-order valence-corrected chi connectivity index (χ3v) is 20.2. The van der Waals surface area contributed by atoms with Gasteiger partial charge in [-0.3, -0.25) is 0 Å². The second-order valence-corrected chi connectivity index (χ2v) is 24.3. The molecule has 0 radical (unpaired) electrons. The minimum Gasteiger partial charge on any atom is -0.394 e. The molecule has 9 aliphatic rings. The van der Waals surface area contributed by atoms with Crippen LogP contribution in [0.25, 0.3) is 0 Å². The maximum absolute atomic E-state index is 12.6. The van der Waals surface area contributed by atoms with Crippen LogP contribution < -0.4 is 0 Å². The van der Waals surface area contributed by atoms with Gasteiger partial charge in [0.05, 0.1) is 54.9 Å². The summed E-state index contributed by atoms with van der Waals surface area (Å²) in [5, 5.41) is 130. The number of ether oxygens (including phenoxy) is 7. The summed E-state index contributed by atoms with van der Waals surface area (Å²) in [5.41, 5.74) is -3.48. The van der Waals surface area contributed by atoms with Crippen LogP contribution in [0.1, 0.15) is 113 Å². The SMILES string of the molecule is C[C@@H]1O[C@@H](O[C@H]2[C@H](O[C@H]3CC[C@]45C[C@]46CC[C@]4(C)[C@@H]([C@@]7(C)CC[C@@H](C(C)(C)O[C@H]8O[C@@H](CO)[C@H](O)[C@@H](O)[C@@H]8O)O7)[C@@H](O)C[C@@]4(C)[C@@H]6C[C@H](O)[C@H]5C3(C)C)O[C@H](CO)[C@@H](O)[C@@H]2O)[C@H](O)[C@H](O)[C@H]1O. The maximum atomic E-state index is 12.6. The molecule has 4 heterocycles. The Morgan fingerprint density at radius 3 is 1.85 bits per heavy atom. The molecule has 0 unspecified atom stereocenters. The molecule has 0 amide bonds. The Hall–Kier alpha value is -0.760. The summed E-state index contributed by atoms with van der Waals surface area (Å²) in [4.78, 5) is 0. The van der Waals surface area contributed by atoms with E-state index in [0.29, 0.717) is 32.1 Å². The van der Waals surface area contributed by atoms with E-state index in [4.69, 9.17) is 33.2 Å². The predicted molar refractivity (Wildman–Crippen MR) is 231 cm³/mol. The number of hydrogen-bond acceptors (Lipinski definition) is 19. The number of hydrogen-bond donors (Lipinski definition) is 12. The summed E-state index contributed by atoms with van der Waals surface area (Å²) >= 11 is 0. The summed E-state index contributed by atoms with van der Waals surface area (Å²) in [5.74, 6) is -0.343. The van der Waals surface area contributed by atoms with E-state index in [9.17, 15) is 61.3 Å². The van der Waals surface area contributed by atoms with E-state index in [-0.39, 0.29) is 39.4 Å². The number of rotatable bonds is 10. The molecule has 27 atom stereocenters. The summed E-state index contributed by atoms with van der Waals surface area (Å²) < 4.78 is 43.6. The Morgan fingerprint density at radius 1 is 0.582 bits per heavy atom. The van der Waals surface area contributed by atoms with Crippen molar-refractivity contribution in [1.82, 2.24) is 0 Å². The average molecular weight is 961 g/mol. The quantitative estimate of drug-likeness (QED) is 0.116. The smallest absolute Gasteiger partial charge is 0.187 e. The monoisotopic (exact) mass is 961 g/mol. The molecule has 0 aromatic carbocycles. The zero-order valence-corrected chi connectivity index (χ0v) is 40.2. The fourth-order valence-corrected chi connectivity index (χ4v) is 16.6. The largest absolute Gasteiger partial charge is 0.394 e. The van der Waals surface area contributed by atoms with Gasteiger partial charge in [-0.15, -0.1) is 0 Å². The molecule has 67 heavy (non-hydrogen) atoms. The van der Waals surface area contributed by atoms with E-state index >= 15 is 0 Å². The van der Waals surface area contributed by atoms with Crippen molar-refractivity contribution in [2.75, 3.05) is 13.2 Å². The highest BCUT2D eigenvalue weighted by molar-refractivity contribution is 5.33. The molecule has 0 aromatic rings. The number of fused-ring (bicyclic) bond motifs is 2. The van der Waals surface area contributed by atoms with Crippen LogP contribution in [0.15, 0.2) is 0 Å². The molecule has 9 fully saturated rings. The molecule has 19 nitrogen and oxygen atoms in total. The van der Waals surface area contributed by atoms with Crippen molar-refractivity contribution in [3.8, 4) is 0 Å². The molecule has 386 valence electrons. The van der Waals surface area contributed by atoms with Crippen molar-refractivity contribution in [2.45, 2.75) is 241 Å². The highest BCUT2D eigenvalue weighted by Crippen LogP contribution is 2.89.